The van der Waals surface area contributed by atoms with Crippen LogP contribution in [0.2, 0.25) is 16.6 Å². The number of hydrogen-bond donors (Lipinski definition) is 0. The first-order valence-corrected chi connectivity index (χ1v) is 13.3. The molecule has 2 rings (SSSR count). The molecule has 5 nitrogen and oxygen atoms in total. The monoisotopic (exact) mass is 472 g/mol. The largest absolute Gasteiger partial charge is 0.467 e. The number of carbonyl (C=O) groups excluding carboxylic acids is 2. The van der Waals surface area contributed by atoms with Gasteiger partial charge in [-0.05, 0) is 34.1 Å². The molecular weight excluding hydrogens is 439 g/mol. The third-order valence-corrected chi connectivity index (χ3v) is 12.4. The highest BCUT2D eigenvalue weighted by Crippen LogP contribution is 2.41. The lowest BCUT2D eigenvalue weighted by Gasteiger charge is -2.38. The second-order valence-electron chi connectivity index (χ2n) is 9.09. The summed E-state index contributed by atoms with van der Waals surface area (Å²) in [5.41, 5.74) is 4.78. The van der Waals surface area contributed by atoms with Crippen molar-refractivity contribution >= 4 is 30.6 Å². The minimum Gasteiger partial charge on any atom is -0.467 e. The first-order chi connectivity index (χ1) is 15.4. The third kappa shape index (κ3) is 5.63. The highest BCUT2D eigenvalue weighted by atomic mass is 28.3. The predicted octanol–water partition coefficient (Wildman–Crippen LogP) is 6.03. The van der Waals surface area contributed by atoms with Crippen LogP contribution in [-0.2, 0) is 14.3 Å². The Morgan fingerprint density at radius 1 is 1.03 bits per heavy atom. The highest BCUT2D eigenvalue weighted by molar-refractivity contribution is 6.90. The van der Waals surface area contributed by atoms with Crippen LogP contribution < -0.4 is 9.47 Å². The molecule has 0 saturated heterocycles. The maximum absolute atomic E-state index is 15.1. The quantitative estimate of drug-likeness (QED) is 0.117. The van der Waals surface area contributed by atoms with Gasteiger partial charge < -0.3 is 14.2 Å². The first-order valence-electron chi connectivity index (χ1n) is 11.1. The predicted molar refractivity (Wildman–Crippen MR) is 131 cm³/mol. The minimum absolute atomic E-state index is 0.0218. The number of fused-ring (bicyclic) bond motifs is 1. The summed E-state index contributed by atoms with van der Waals surface area (Å²) < 4.78 is 30.9. The molecule has 0 heterocycles. The maximum Gasteiger partial charge on any atom is 0.379 e. The van der Waals surface area contributed by atoms with Crippen molar-refractivity contribution in [2.45, 2.75) is 65.1 Å². The second-order valence-corrected chi connectivity index (χ2v) is 14.7. The van der Waals surface area contributed by atoms with Crippen molar-refractivity contribution in [3.8, 4) is 23.0 Å². The fraction of sp³-hybridized carbons (Fsp3) is 0.462. The topological polar surface area (TPSA) is 61.8 Å². The number of benzene rings is 2. The smallest absolute Gasteiger partial charge is 0.379 e. The Bertz CT molecular complexity index is 1070. The first kappa shape index (κ1) is 26.6. The zero-order chi connectivity index (χ0) is 24.9. The van der Waals surface area contributed by atoms with Crippen molar-refractivity contribution in [1.82, 2.24) is 0 Å². The molecule has 2 aromatic carbocycles. The number of esters is 1. The number of hydrogen-bond acceptors (Lipinski definition) is 5. The molecule has 2 aromatic rings. The van der Waals surface area contributed by atoms with Gasteiger partial charge in [0.1, 0.15) is 25.4 Å². The van der Waals surface area contributed by atoms with Crippen LogP contribution in [0.4, 0.5) is 4.39 Å². The van der Waals surface area contributed by atoms with Gasteiger partial charge in [-0.1, -0.05) is 53.5 Å². The molecule has 178 valence electrons. The van der Waals surface area contributed by atoms with Crippen LogP contribution in [-0.4, -0.2) is 33.7 Å². The number of carbonyl (C=O) groups is 2. The van der Waals surface area contributed by atoms with Gasteiger partial charge in [-0.2, -0.15) is 0 Å². The normalized spacial score (nSPS) is 11.6. The van der Waals surface area contributed by atoms with Crippen LogP contribution in [0.15, 0.2) is 24.3 Å². The van der Waals surface area contributed by atoms with Gasteiger partial charge in [0.05, 0.1) is 5.56 Å². The molecule has 0 fully saturated rings. The number of ketones is 1. The number of halogens is 1. The van der Waals surface area contributed by atoms with E-state index in [0.29, 0.717) is 33.1 Å². The van der Waals surface area contributed by atoms with Crippen LogP contribution in [0.1, 0.15) is 54.0 Å². The molecule has 0 saturated carbocycles. The summed E-state index contributed by atoms with van der Waals surface area (Å²) in [6.07, 6.45) is 0. The molecule has 0 spiro atoms. The van der Waals surface area contributed by atoms with Crippen molar-refractivity contribution in [2.24, 2.45) is 0 Å². The van der Waals surface area contributed by atoms with E-state index in [1.165, 1.54) is 19.2 Å². The Kier molecular flexibility index (Phi) is 8.81. The van der Waals surface area contributed by atoms with Gasteiger partial charge in [0.15, 0.2) is 6.79 Å². The van der Waals surface area contributed by atoms with Gasteiger partial charge in [-0.15, -0.1) is 5.54 Å². The van der Waals surface area contributed by atoms with Gasteiger partial charge in [-0.3, -0.25) is 4.79 Å². The van der Waals surface area contributed by atoms with Crippen LogP contribution >= 0.6 is 0 Å². The SMILES string of the molecule is COCOc1cc(OC(=O)C(C)=O)c2c(C#C[Si](C(C)C)(C(C)C)C(C)C)c(F)ccc2c1. The van der Waals surface area contributed by atoms with Crippen molar-refractivity contribution < 1.29 is 28.2 Å². The van der Waals surface area contributed by atoms with E-state index in [9.17, 15) is 9.59 Å². The van der Waals surface area contributed by atoms with E-state index in [1.54, 1.807) is 12.1 Å². The molecule has 0 radical (unpaired) electrons. The van der Waals surface area contributed by atoms with E-state index < -0.39 is 25.6 Å². The molecule has 0 amide bonds. The van der Waals surface area contributed by atoms with Gasteiger partial charge in [0.25, 0.3) is 0 Å². The zero-order valence-electron chi connectivity index (χ0n) is 20.7. The Morgan fingerprint density at radius 3 is 2.15 bits per heavy atom. The molecule has 7 heteroatoms. The Morgan fingerprint density at radius 2 is 1.64 bits per heavy atom. The fourth-order valence-corrected chi connectivity index (χ4v) is 9.77. The fourth-order valence-electron chi connectivity index (χ4n) is 4.56. The molecule has 0 aliphatic heterocycles. The molecule has 0 unspecified atom stereocenters. The molecule has 0 bridgehead atoms. The van der Waals surface area contributed by atoms with E-state index in [4.69, 9.17) is 14.2 Å². The summed E-state index contributed by atoms with van der Waals surface area (Å²) in [6.45, 7) is 14.2. The van der Waals surface area contributed by atoms with E-state index >= 15 is 4.39 Å². The summed E-state index contributed by atoms with van der Waals surface area (Å²) >= 11 is 0. The highest BCUT2D eigenvalue weighted by Gasteiger charge is 2.41. The summed E-state index contributed by atoms with van der Waals surface area (Å²) in [6, 6.07) is 6.05. The standard InChI is InChI=1S/C26H33FO5Si/c1-16(2)33(17(3)4,18(5)6)12-11-22-23(27)10-9-20-13-21(31-15-30-8)14-24(25(20)22)32-26(29)19(7)28/h9-10,13-14,16-18H,15H2,1-8H3. The summed E-state index contributed by atoms with van der Waals surface area (Å²) in [7, 11) is -0.666. The lowest BCUT2D eigenvalue weighted by molar-refractivity contribution is -0.145. The summed E-state index contributed by atoms with van der Waals surface area (Å²) in [5.74, 6) is 1.20. The van der Waals surface area contributed by atoms with Gasteiger partial charge >= 0.3 is 5.97 Å². The summed E-state index contributed by atoms with van der Waals surface area (Å²) in [5, 5.41) is 0.910. The lowest BCUT2D eigenvalue weighted by atomic mass is 10.0. The van der Waals surface area contributed by atoms with Crippen molar-refractivity contribution in [3.63, 3.8) is 0 Å². The minimum atomic E-state index is -2.15. The molecule has 0 aliphatic carbocycles. The number of methoxy groups -OCH3 is 1. The zero-order valence-corrected chi connectivity index (χ0v) is 21.7. The van der Waals surface area contributed by atoms with E-state index in [1.807, 2.05) is 0 Å². The molecular formula is C26H33FO5Si. The van der Waals surface area contributed by atoms with Gasteiger partial charge in [0.2, 0.25) is 5.78 Å². The van der Waals surface area contributed by atoms with Crippen molar-refractivity contribution in [1.29, 1.82) is 0 Å². The van der Waals surface area contributed by atoms with Crippen LogP contribution in [0, 0.1) is 17.3 Å². The lowest BCUT2D eigenvalue weighted by Crippen LogP contribution is -2.43. The van der Waals surface area contributed by atoms with E-state index in [-0.39, 0.29) is 18.1 Å². The molecule has 0 aliphatic rings. The van der Waals surface area contributed by atoms with Gasteiger partial charge in [0, 0.05) is 25.5 Å². The van der Waals surface area contributed by atoms with Crippen LogP contribution in [0.25, 0.3) is 10.8 Å². The Labute approximate surface area is 196 Å². The van der Waals surface area contributed by atoms with Crippen molar-refractivity contribution in [2.75, 3.05) is 13.9 Å². The molecule has 33 heavy (non-hydrogen) atoms. The molecule has 0 aromatic heterocycles. The van der Waals surface area contributed by atoms with Crippen LogP contribution in [0.5, 0.6) is 11.5 Å². The Balaban J connectivity index is 2.83. The number of rotatable bonds is 8. The third-order valence-electron chi connectivity index (χ3n) is 6.11. The number of ether oxygens (including phenoxy) is 3. The van der Waals surface area contributed by atoms with Crippen LogP contribution in [0.3, 0.4) is 0 Å². The van der Waals surface area contributed by atoms with E-state index in [2.05, 4.69) is 53.0 Å². The summed E-state index contributed by atoms with van der Waals surface area (Å²) in [4.78, 5) is 23.7. The Hall–Kier alpha value is -2.69. The van der Waals surface area contributed by atoms with E-state index in [0.717, 1.165) is 6.92 Å². The van der Waals surface area contributed by atoms with Gasteiger partial charge in [-0.25, -0.2) is 9.18 Å². The molecule has 0 atom stereocenters. The van der Waals surface area contributed by atoms with Crippen molar-refractivity contribution in [3.05, 3.63) is 35.6 Å². The second kappa shape index (κ2) is 11.0. The average Bonchev–Trinajstić information content (AvgIpc) is 2.73. The number of Topliss-reactive ketones (excluding diaryl/α,β-unsaturated/α-hetero) is 1. The average molecular weight is 473 g/mol. The molecule has 0 N–H and O–H groups in total. The maximum atomic E-state index is 15.1.